The van der Waals surface area contributed by atoms with E-state index in [9.17, 15) is 9.59 Å². The van der Waals surface area contributed by atoms with Gasteiger partial charge in [0.1, 0.15) is 10.7 Å². The molecule has 4 rings (SSSR count). The number of anilines is 1. The van der Waals surface area contributed by atoms with E-state index in [-0.39, 0.29) is 24.4 Å². The van der Waals surface area contributed by atoms with E-state index in [1.807, 2.05) is 60.7 Å². The highest BCUT2D eigenvalue weighted by Gasteiger charge is 2.19. The molecule has 7 nitrogen and oxygen atoms in total. The Morgan fingerprint density at radius 3 is 2.25 bits per heavy atom. The highest BCUT2D eigenvalue weighted by Crippen LogP contribution is 2.27. The second-order valence-corrected chi connectivity index (χ2v) is 10.3. The zero-order valence-corrected chi connectivity index (χ0v) is 23.8. The van der Waals surface area contributed by atoms with E-state index in [2.05, 4.69) is 46.8 Å². The number of hydrogen-bond donors (Lipinski definition) is 2. The SMILES string of the molecule is CCc1ccccc1NC(=O)N(CCOC)Cc1nc(C(=O)NCCC(c2ccccc2)c2ccccc2)cs1. The van der Waals surface area contributed by atoms with E-state index in [1.165, 1.54) is 22.5 Å². The van der Waals surface area contributed by atoms with Gasteiger partial charge in [0.2, 0.25) is 0 Å². The van der Waals surface area contributed by atoms with Crippen LogP contribution in [0.5, 0.6) is 0 Å². The maximum Gasteiger partial charge on any atom is 0.322 e. The number of para-hydroxylation sites is 1. The maximum absolute atomic E-state index is 13.1. The highest BCUT2D eigenvalue weighted by atomic mass is 32.1. The molecule has 40 heavy (non-hydrogen) atoms. The fraction of sp³-hybridized carbons (Fsp3) is 0.281. The molecule has 4 aromatic rings. The van der Waals surface area contributed by atoms with Gasteiger partial charge < -0.3 is 20.3 Å². The Morgan fingerprint density at radius 2 is 1.60 bits per heavy atom. The van der Waals surface area contributed by atoms with E-state index < -0.39 is 0 Å². The van der Waals surface area contributed by atoms with E-state index >= 15 is 0 Å². The molecule has 0 fully saturated rings. The third-order valence-corrected chi connectivity index (χ3v) is 7.56. The first-order chi connectivity index (χ1) is 19.6. The molecule has 3 amide bonds. The number of benzene rings is 3. The van der Waals surface area contributed by atoms with Crippen LogP contribution in [0.4, 0.5) is 10.5 Å². The lowest BCUT2D eigenvalue weighted by Crippen LogP contribution is -2.37. The van der Waals surface area contributed by atoms with Crippen LogP contribution in [0.3, 0.4) is 0 Å². The number of nitrogens with one attached hydrogen (secondary N) is 2. The van der Waals surface area contributed by atoms with Crippen molar-refractivity contribution < 1.29 is 14.3 Å². The lowest BCUT2D eigenvalue weighted by Gasteiger charge is -2.22. The van der Waals surface area contributed by atoms with Crippen LogP contribution in [0.15, 0.2) is 90.3 Å². The molecule has 0 aliphatic carbocycles. The van der Waals surface area contributed by atoms with Crippen LogP contribution in [0.2, 0.25) is 0 Å². The van der Waals surface area contributed by atoms with E-state index in [0.29, 0.717) is 30.4 Å². The Bertz CT molecular complexity index is 1320. The van der Waals surface area contributed by atoms with E-state index in [0.717, 1.165) is 24.1 Å². The molecule has 0 atom stereocenters. The number of aryl methyl sites for hydroxylation is 1. The minimum atomic E-state index is -0.230. The summed E-state index contributed by atoms with van der Waals surface area (Å²) in [6, 6.07) is 28.2. The zero-order chi connectivity index (χ0) is 28.2. The Kier molecular flexibility index (Phi) is 10.8. The van der Waals surface area contributed by atoms with Gasteiger partial charge in [-0.3, -0.25) is 4.79 Å². The molecule has 8 heteroatoms. The summed E-state index contributed by atoms with van der Waals surface area (Å²) in [5.74, 6) is -0.0356. The van der Waals surface area contributed by atoms with Gasteiger partial charge in [0.05, 0.1) is 13.2 Å². The average Bonchev–Trinajstić information content (AvgIpc) is 3.47. The quantitative estimate of drug-likeness (QED) is 0.201. The number of ether oxygens (including phenoxy) is 1. The minimum Gasteiger partial charge on any atom is -0.383 e. The average molecular weight is 557 g/mol. The number of hydrogen-bond acceptors (Lipinski definition) is 5. The molecule has 208 valence electrons. The summed E-state index contributed by atoms with van der Waals surface area (Å²) in [5, 5.41) is 8.48. The number of amides is 3. The minimum absolute atomic E-state index is 0.180. The first-order valence-corrected chi connectivity index (χ1v) is 14.4. The molecule has 3 aromatic carbocycles. The number of carbonyl (C=O) groups excluding carboxylic acids is 2. The van der Waals surface area contributed by atoms with Crippen LogP contribution in [0.25, 0.3) is 0 Å². The molecule has 0 saturated carbocycles. The number of nitrogens with zero attached hydrogens (tertiary/aromatic N) is 2. The molecule has 0 aliphatic rings. The molecular formula is C32H36N4O3S. The molecule has 0 unspecified atom stereocenters. The lowest BCUT2D eigenvalue weighted by atomic mass is 9.88. The molecule has 0 saturated heterocycles. The van der Waals surface area contributed by atoms with Gasteiger partial charge in [-0.1, -0.05) is 85.8 Å². The molecule has 0 aliphatic heterocycles. The number of urea groups is 1. The first kappa shape index (κ1) is 29.0. The summed E-state index contributed by atoms with van der Waals surface area (Å²) in [5.41, 5.74) is 4.66. The summed E-state index contributed by atoms with van der Waals surface area (Å²) < 4.78 is 5.22. The molecule has 1 heterocycles. The third-order valence-electron chi connectivity index (χ3n) is 6.73. The van der Waals surface area contributed by atoms with Crippen molar-refractivity contribution in [3.8, 4) is 0 Å². The second-order valence-electron chi connectivity index (χ2n) is 9.40. The topological polar surface area (TPSA) is 83.6 Å². The Morgan fingerprint density at radius 1 is 0.950 bits per heavy atom. The van der Waals surface area contributed by atoms with Crippen molar-refractivity contribution in [1.29, 1.82) is 0 Å². The molecule has 0 radical (unpaired) electrons. The number of methoxy groups -OCH3 is 1. The fourth-order valence-electron chi connectivity index (χ4n) is 4.57. The number of carbonyl (C=O) groups is 2. The van der Waals surface area contributed by atoms with Crippen molar-refractivity contribution >= 4 is 29.0 Å². The van der Waals surface area contributed by atoms with Crippen molar-refractivity contribution in [2.75, 3.05) is 32.1 Å². The summed E-state index contributed by atoms with van der Waals surface area (Å²) in [6.45, 7) is 3.65. The van der Waals surface area contributed by atoms with Gasteiger partial charge in [-0.05, 0) is 35.6 Å². The van der Waals surface area contributed by atoms with Gasteiger partial charge >= 0.3 is 6.03 Å². The van der Waals surface area contributed by atoms with E-state index in [4.69, 9.17) is 4.74 Å². The molecular weight excluding hydrogens is 520 g/mol. The number of rotatable bonds is 13. The van der Waals surface area contributed by atoms with Gasteiger partial charge in [-0.15, -0.1) is 11.3 Å². The molecule has 0 spiro atoms. The fourth-order valence-corrected chi connectivity index (χ4v) is 5.36. The Balaban J connectivity index is 1.36. The Labute approximate surface area is 240 Å². The summed E-state index contributed by atoms with van der Waals surface area (Å²) in [4.78, 5) is 32.3. The van der Waals surface area contributed by atoms with Crippen molar-refractivity contribution in [2.45, 2.75) is 32.2 Å². The first-order valence-electron chi connectivity index (χ1n) is 13.5. The van der Waals surface area contributed by atoms with Gasteiger partial charge in [0, 0.05) is 37.2 Å². The van der Waals surface area contributed by atoms with Gasteiger partial charge in [-0.25, -0.2) is 9.78 Å². The lowest BCUT2D eigenvalue weighted by molar-refractivity contribution is 0.0948. The molecule has 0 bridgehead atoms. The second kappa shape index (κ2) is 15.0. The van der Waals surface area contributed by atoms with Crippen LogP contribution >= 0.6 is 11.3 Å². The summed E-state index contributed by atoms with van der Waals surface area (Å²) >= 11 is 1.37. The summed E-state index contributed by atoms with van der Waals surface area (Å²) in [7, 11) is 1.61. The van der Waals surface area contributed by atoms with Crippen LogP contribution in [0, 0.1) is 0 Å². The van der Waals surface area contributed by atoms with Crippen molar-refractivity contribution in [1.82, 2.24) is 15.2 Å². The number of thiazole rings is 1. The molecule has 1 aromatic heterocycles. The normalized spacial score (nSPS) is 10.9. The number of aromatic nitrogens is 1. The van der Waals surface area contributed by atoms with Crippen LogP contribution in [-0.2, 0) is 17.7 Å². The van der Waals surface area contributed by atoms with Gasteiger partial charge in [-0.2, -0.15) is 0 Å². The van der Waals surface area contributed by atoms with Gasteiger partial charge in [0.15, 0.2) is 0 Å². The van der Waals surface area contributed by atoms with Crippen molar-refractivity contribution in [2.24, 2.45) is 0 Å². The van der Waals surface area contributed by atoms with Crippen LogP contribution in [0.1, 0.15) is 51.4 Å². The van der Waals surface area contributed by atoms with Gasteiger partial charge in [0.25, 0.3) is 5.91 Å². The predicted octanol–water partition coefficient (Wildman–Crippen LogP) is 6.34. The van der Waals surface area contributed by atoms with Crippen LogP contribution < -0.4 is 10.6 Å². The maximum atomic E-state index is 13.1. The Hall–Kier alpha value is -4.01. The zero-order valence-electron chi connectivity index (χ0n) is 23.0. The standard InChI is InChI=1S/C32H36N4O3S/c1-3-24-12-10-11-17-28(24)35-32(38)36(20-21-39-2)22-30-34-29(23-40-30)31(37)33-19-18-27(25-13-6-4-7-14-25)26-15-8-5-9-16-26/h4-17,23,27H,3,18-22H2,1-2H3,(H,33,37)(H,35,38). The van der Waals surface area contributed by atoms with E-state index in [1.54, 1.807) is 17.4 Å². The highest BCUT2D eigenvalue weighted by molar-refractivity contribution is 7.09. The third kappa shape index (κ3) is 8.00. The largest absolute Gasteiger partial charge is 0.383 e. The monoisotopic (exact) mass is 556 g/mol. The summed E-state index contributed by atoms with van der Waals surface area (Å²) in [6.07, 6.45) is 1.58. The van der Waals surface area contributed by atoms with Crippen molar-refractivity contribution in [3.05, 3.63) is 118 Å². The van der Waals surface area contributed by atoms with Crippen molar-refractivity contribution in [3.63, 3.8) is 0 Å². The molecule has 2 N–H and O–H groups in total. The predicted molar refractivity (Wildman–Crippen MR) is 161 cm³/mol. The van der Waals surface area contributed by atoms with Crippen LogP contribution in [-0.4, -0.2) is 48.6 Å². The smallest absolute Gasteiger partial charge is 0.322 e.